The SMILES string of the molecule is O=C(c1ccc(I)cc1)N1CCOC(c2ccc(F)cc2)C1. The van der Waals surface area contributed by atoms with Crippen LogP contribution in [0.4, 0.5) is 4.39 Å². The number of rotatable bonds is 2. The number of carbonyl (C=O) groups is 1. The van der Waals surface area contributed by atoms with Gasteiger partial charge in [0.15, 0.2) is 0 Å². The van der Waals surface area contributed by atoms with E-state index in [0.29, 0.717) is 25.3 Å². The van der Waals surface area contributed by atoms with Crippen molar-refractivity contribution in [2.24, 2.45) is 0 Å². The van der Waals surface area contributed by atoms with E-state index < -0.39 is 0 Å². The Kier molecular flexibility index (Phi) is 4.73. The van der Waals surface area contributed by atoms with Crippen molar-refractivity contribution in [3.05, 3.63) is 69.0 Å². The molecule has 1 amide bonds. The summed E-state index contributed by atoms with van der Waals surface area (Å²) in [5.41, 5.74) is 1.57. The molecule has 1 fully saturated rings. The van der Waals surface area contributed by atoms with Crippen LogP contribution in [-0.2, 0) is 4.74 Å². The van der Waals surface area contributed by atoms with Crippen LogP contribution in [0.25, 0.3) is 0 Å². The second-order valence-electron chi connectivity index (χ2n) is 5.17. The van der Waals surface area contributed by atoms with Gasteiger partial charge in [0.05, 0.1) is 13.2 Å². The van der Waals surface area contributed by atoms with E-state index in [9.17, 15) is 9.18 Å². The minimum Gasteiger partial charge on any atom is -0.370 e. The lowest BCUT2D eigenvalue weighted by Crippen LogP contribution is -2.42. The summed E-state index contributed by atoms with van der Waals surface area (Å²) in [4.78, 5) is 14.3. The van der Waals surface area contributed by atoms with Crippen LogP contribution < -0.4 is 0 Å². The highest BCUT2D eigenvalue weighted by molar-refractivity contribution is 14.1. The van der Waals surface area contributed by atoms with Gasteiger partial charge in [-0.3, -0.25) is 4.79 Å². The molecule has 0 bridgehead atoms. The number of amides is 1. The third-order valence-electron chi connectivity index (χ3n) is 3.69. The molecule has 1 aliphatic rings. The lowest BCUT2D eigenvalue weighted by Gasteiger charge is -2.33. The van der Waals surface area contributed by atoms with Crippen molar-refractivity contribution >= 4 is 28.5 Å². The number of morpholine rings is 1. The van der Waals surface area contributed by atoms with Crippen molar-refractivity contribution in [1.82, 2.24) is 4.90 Å². The zero-order valence-electron chi connectivity index (χ0n) is 11.8. The molecule has 0 saturated carbocycles. The van der Waals surface area contributed by atoms with Gasteiger partial charge in [-0.2, -0.15) is 0 Å². The minimum absolute atomic E-state index is 0.00631. The van der Waals surface area contributed by atoms with Crippen LogP contribution in [0.3, 0.4) is 0 Å². The molecule has 2 aromatic rings. The summed E-state index contributed by atoms with van der Waals surface area (Å²) in [6.07, 6.45) is -0.206. The maximum atomic E-state index is 13.0. The zero-order chi connectivity index (χ0) is 15.5. The highest BCUT2D eigenvalue weighted by Crippen LogP contribution is 2.23. The summed E-state index contributed by atoms with van der Waals surface area (Å²) < 4.78 is 19.8. The maximum absolute atomic E-state index is 13.0. The fourth-order valence-electron chi connectivity index (χ4n) is 2.49. The van der Waals surface area contributed by atoms with Gasteiger partial charge in [0, 0.05) is 15.7 Å². The lowest BCUT2D eigenvalue weighted by atomic mass is 10.1. The standard InChI is InChI=1S/C17H15FINO2/c18-14-5-1-12(2-6-14)16-11-20(9-10-22-16)17(21)13-3-7-15(19)8-4-13/h1-8,16H,9-11H2. The Balaban J connectivity index is 1.73. The van der Waals surface area contributed by atoms with Gasteiger partial charge in [0.2, 0.25) is 0 Å². The first kappa shape index (κ1) is 15.4. The average molecular weight is 411 g/mol. The summed E-state index contributed by atoms with van der Waals surface area (Å²) in [5, 5.41) is 0. The van der Waals surface area contributed by atoms with E-state index in [4.69, 9.17) is 4.74 Å². The fraction of sp³-hybridized carbons (Fsp3) is 0.235. The Morgan fingerprint density at radius 2 is 1.82 bits per heavy atom. The van der Waals surface area contributed by atoms with Crippen molar-refractivity contribution < 1.29 is 13.9 Å². The van der Waals surface area contributed by atoms with Crippen LogP contribution in [0.2, 0.25) is 0 Å². The monoisotopic (exact) mass is 411 g/mol. The van der Waals surface area contributed by atoms with Crippen LogP contribution in [0.5, 0.6) is 0 Å². The number of ether oxygens (including phenoxy) is 1. The molecule has 0 aromatic heterocycles. The Morgan fingerprint density at radius 3 is 2.50 bits per heavy atom. The van der Waals surface area contributed by atoms with Gasteiger partial charge in [-0.15, -0.1) is 0 Å². The van der Waals surface area contributed by atoms with Crippen LogP contribution >= 0.6 is 22.6 Å². The van der Waals surface area contributed by atoms with Gasteiger partial charge < -0.3 is 9.64 Å². The van der Waals surface area contributed by atoms with Gasteiger partial charge in [-0.25, -0.2) is 4.39 Å². The highest BCUT2D eigenvalue weighted by Gasteiger charge is 2.26. The lowest BCUT2D eigenvalue weighted by molar-refractivity contribution is -0.0228. The third kappa shape index (κ3) is 3.47. The van der Waals surface area contributed by atoms with Gasteiger partial charge in [0.1, 0.15) is 11.9 Å². The number of benzene rings is 2. The van der Waals surface area contributed by atoms with E-state index in [1.54, 1.807) is 17.0 Å². The molecule has 0 aliphatic carbocycles. The van der Waals surface area contributed by atoms with E-state index in [2.05, 4.69) is 22.6 Å². The third-order valence-corrected chi connectivity index (χ3v) is 4.41. The number of nitrogens with zero attached hydrogens (tertiary/aromatic N) is 1. The number of hydrogen-bond donors (Lipinski definition) is 0. The summed E-state index contributed by atoms with van der Waals surface area (Å²) in [7, 11) is 0. The molecular formula is C17H15FINO2. The second kappa shape index (κ2) is 6.75. The molecule has 3 nitrogen and oxygen atoms in total. The molecule has 0 radical (unpaired) electrons. The van der Waals surface area contributed by atoms with Crippen LogP contribution in [0, 0.1) is 9.39 Å². The molecule has 5 heteroatoms. The first-order chi connectivity index (χ1) is 10.6. The Morgan fingerprint density at radius 1 is 1.14 bits per heavy atom. The Labute approximate surface area is 142 Å². The second-order valence-corrected chi connectivity index (χ2v) is 6.41. The smallest absolute Gasteiger partial charge is 0.254 e. The number of hydrogen-bond acceptors (Lipinski definition) is 2. The summed E-state index contributed by atoms with van der Waals surface area (Å²) in [6, 6.07) is 13.8. The van der Waals surface area contributed by atoms with Gasteiger partial charge in [-0.05, 0) is 64.6 Å². The van der Waals surface area contributed by atoms with Crippen molar-refractivity contribution in [1.29, 1.82) is 0 Å². The van der Waals surface area contributed by atoms with E-state index >= 15 is 0 Å². The molecule has 22 heavy (non-hydrogen) atoms. The molecule has 2 aromatic carbocycles. The number of carbonyl (C=O) groups excluding carboxylic acids is 1. The van der Waals surface area contributed by atoms with Crippen LogP contribution in [-0.4, -0.2) is 30.5 Å². The largest absolute Gasteiger partial charge is 0.370 e. The van der Waals surface area contributed by atoms with Crippen LogP contribution in [0.1, 0.15) is 22.0 Å². The zero-order valence-corrected chi connectivity index (χ0v) is 14.0. The predicted molar refractivity (Wildman–Crippen MR) is 90.2 cm³/mol. The molecule has 1 heterocycles. The van der Waals surface area contributed by atoms with E-state index in [0.717, 1.165) is 9.13 Å². The normalized spacial score (nSPS) is 18.3. The van der Waals surface area contributed by atoms with Crippen LogP contribution in [0.15, 0.2) is 48.5 Å². The van der Waals surface area contributed by atoms with Gasteiger partial charge in [-0.1, -0.05) is 12.1 Å². The average Bonchev–Trinajstić information content (AvgIpc) is 2.56. The molecule has 114 valence electrons. The van der Waals surface area contributed by atoms with E-state index in [1.807, 2.05) is 24.3 Å². The first-order valence-electron chi connectivity index (χ1n) is 7.05. The van der Waals surface area contributed by atoms with Gasteiger partial charge >= 0.3 is 0 Å². The molecule has 1 atom stereocenters. The van der Waals surface area contributed by atoms with Gasteiger partial charge in [0.25, 0.3) is 5.91 Å². The van der Waals surface area contributed by atoms with Crippen molar-refractivity contribution in [3.8, 4) is 0 Å². The summed E-state index contributed by atoms with van der Waals surface area (Å²) in [5.74, 6) is -0.266. The number of halogens is 2. The molecule has 0 spiro atoms. The first-order valence-corrected chi connectivity index (χ1v) is 8.13. The molecule has 1 aliphatic heterocycles. The summed E-state index contributed by atoms with van der Waals surface area (Å²) >= 11 is 2.21. The van der Waals surface area contributed by atoms with E-state index in [1.165, 1.54) is 12.1 Å². The quantitative estimate of drug-likeness (QED) is 0.707. The summed E-state index contributed by atoms with van der Waals surface area (Å²) in [6.45, 7) is 1.54. The molecular weight excluding hydrogens is 396 g/mol. The van der Waals surface area contributed by atoms with Crippen molar-refractivity contribution in [2.75, 3.05) is 19.7 Å². The molecule has 0 N–H and O–H groups in total. The minimum atomic E-state index is -0.272. The Hall–Kier alpha value is -1.47. The fourth-order valence-corrected chi connectivity index (χ4v) is 2.85. The predicted octanol–water partition coefficient (Wildman–Crippen LogP) is 3.64. The maximum Gasteiger partial charge on any atom is 0.254 e. The van der Waals surface area contributed by atoms with Crippen molar-refractivity contribution in [2.45, 2.75) is 6.10 Å². The molecule has 1 unspecified atom stereocenters. The highest BCUT2D eigenvalue weighted by atomic mass is 127. The van der Waals surface area contributed by atoms with Crippen molar-refractivity contribution in [3.63, 3.8) is 0 Å². The van der Waals surface area contributed by atoms with E-state index in [-0.39, 0.29) is 17.8 Å². The Bertz CT molecular complexity index is 657. The molecule has 3 rings (SSSR count). The topological polar surface area (TPSA) is 29.5 Å². The molecule has 1 saturated heterocycles.